The second kappa shape index (κ2) is 5.49. The normalized spacial score (nSPS) is 10.9. The van der Waals surface area contributed by atoms with Crippen LogP contribution in [0.5, 0.6) is 0 Å². The van der Waals surface area contributed by atoms with E-state index in [2.05, 4.69) is 50.2 Å². The lowest BCUT2D eigenvalue weighted by Gasteiger charge is -2.12. The van der Waals surface area contributed by atoms with Gasteiger partial charge in [0.2, 0.25) is 0 Å². The van der Waals surface area contributed by atoms with Gasteiger partial charge in [-0.3, -0.25) is 5.01 Å². The van der Waals surface area contributed by atoms with Crippen molar-refractivity contribution in [2.24, 2.45) is 10.3 Å². The van der Waals surface area contributed by atoms with Crippen molar-refractivity contribution in [3.05, 3.63) is 29.3 Å². The van der Waals surface area contributed by atoms with Gasteiger partial charge < -0.3 is 0 Å². The van der Waals surface area contributed by atoms with Gasteiger partial charge in [0, 0.05) is 13.1 Å². The fourth-order valence-electron chi connectivity index (χ4n) is 1.42. The first-order valence-corrected chi connectivity index (χ1v) is 5.41. The lowest BCUT2D eigenvalue weighted by molar-refractivity contribution is 0.300. The summed E-state index contributed by atoms with van der Waals surface area (Å²) in [5.74, 6) is 0. The average Bonchev–Trinajstić information content (AvgIpc) is 2.23. The third-order valence-electron chi connectivity index (χ3n) is 2.44. The van der Waals surface area contributed by atoms with E-state index in [0.717, 1.165) is 18.8 Å². The van der Waals surface area contributed by atoms with Crippen LogP contribution in [0.1, 0.15) is 25.0 Å². The molecule has 0 aliphatic heterocycles. The van der Waals surface area contributed by atoms with Crippen LogP contribution in [0.2, 0.25) is 0 Å². The molecule has 1 rings (SSSR count). The molecule has 3 heteroatoms. The molecule has 0 atom stereocenters. The van der Waals surface area contributed by atoms with Gasteiger partial charge in [-0.1, -0.05) is 23.4 Å². The molecule has 0 aliphatic rings. The fraction of sp³-hybridized carbons (Fsp3) is 0.500. The zero-order valence-corrected chi connectivity index (χ0v) is 9.99. The molecule has 15 heavy (non-hydrogen) atoms. The second-order valence-corrected chi connectivity index (χ2v) is 3.57. The van der Waals surface area contributed by atoms with Gasteiger partial charge in [0.25, 0.3) is 0 Å². The molecule has 1 aromatic rings. The topological polar surface area (TPSA) is 28.0 Å². The highest BCUT2D eigenvalue weighted by Crippen LogP contribution is 2.23. The van der Waals surface area contributed by atoms with Gasteiger partial charge in [0.15, 0.2) is 0 Å². The molecule has 0 bridgehead atoms. The van der Waals surface area contributed by atoms with Gasteiger partial charge in [0.05, 0.1) is 5.69 Å². The Bertz CT molecular complexity index is 320. The molecule has 1 aromatic carbocycles. The molecule has 0 unspecified atom stereocenters. The molecule has 82 valence electrons. The van der Waals surface area contributed by atoms with Gasteiger partial charge in [-0.15, -0.1) is 5.11 Å². The van der Waals surface area contributed by atoms with Crippen molar-refractivity contribution < 1.29 is 0 Å². The maximum Gasteiger partial charge on any atom is 0.0932 e. The second-order valence-electron chi connectivity index (χ2n) is 3.57. The lowest BCUT2D eigenvalue weighted by Crippen LogP contribution is -2.14. The predicted octanol–water partition coefficient (Wildman–Crippen LogP) is 3.64. The Hall–Kier alpha value is -1.38. The first-order valence-electron chi connectivity index (χ1n) is 5.41. The van der Waals surface area contributed by atoms with Crippen molar-refractivity contribution in [2.75, 3.05) is 13.1 Å². The van der Waals surface area contributed by atoms with Crippen molar-refractivity contribution in [3.63, 3.8) is 0 Å². The smallest absolute Gasteiger partial charge is 0.0932 e. The maximum absolute atomic E-state index is 4.30. The zero-order chi connectivity index (χ0) is 11.3. The number of aryl methyl sites for hydroxylation is 2. The molecule has 0 aromatic heterocycles. The van der Waals surface area contributed by atoms with Crippen LogP contribution in [0.3, 0.4) is 0 Å². The first kappa shape index (κ1) is 11.7. The van der Waals surface area contributed by atoms with Crippen LogP contribution in [-0.2, 0) is 0 Å². The van der Waals surface area contributed by atoms with E-state index >= 15 is 0 Å². The quantitative estimate of drug-likeness (QED) is 0.544. The Labute approximate surface area is 91.8 Å². The molecule has 0 saturated carbocycles. The van der Waals surface area contributed by atoms with E-state index in [0.29, 0.717) is 0 Å². The summed E-state index contributed by atoms with van der Waals surface area (Å²) >= 11 is 0. The fourth-order valence-corrected chi connectivity index (χ4v) is 1.42. The van der Waals surface area contributed by atoms with Gasteiger partial charge >= 0.3 is 0 Å². The number of hydrogen-bond donors (Lipinski definition) is 0. The van der Waals surface area contributed by atoms with E-state index in [-0.39, 0.29) is 0 Å². The van der Waals surface area contributed by atoms with Crippen molar-refractivity contribution in [2.45, 2.75) is 27.7 Å². The van der Waals surface area contributed by atoms with Gasteiger partial charge in [-0.2, -0.15) is 0 Å². The maximum atomic E-state index is 4.30. The van der Waals surface area contributed by atoms with Gasteiger partial charge in [0.1, 0.15) is 0 Å². The molecule has 0 N–H and O–H groups in total. The highest BCUT2D eigenvalue weighted by molar-refractivity contribution is 5.50. The Morgan fingerprint density at radius 2 is 1.60 bits per heavy atom. The van der Waals surface area contributed by atoms with E-state index in [4.69, 9.17) is 0 Å². The van der Waals surface area contributed by atoms with Crippen molar-refractivity contribution >= 4 is 5.69 Å². The molecule has 0 aliphatic carbocycles. The molecule has 3 nitrogen and oxygen atoms in total. The van der Waals surface area contributed by atoms with Gasteiger partial charge in [-0.05, 0) is 38.8 Å². The van der Waals surface area contributed by atoms with E-state index in [1.165, 1.54) is 11.1 Å². The van der Waals surface area contributed by atoms with Crippen LogP contribution in [0.15, 0.2) is 28.5 Å². The third-order valence-corrected chi connectivity index (χ3v) is 2.44. The monoisotopic (exact) mass is 205 g/mol. The molecule has 0 radical (unpaired) electrons. The highest BCUT2D eigenvalue weighted by atomic mass is 15.5. The van der Waals surface area contributed by atoms with Crippen LogP contribution in [0, 0.1) is 13.8 Å². The summed E-state index contributed by atoms with van der Waals surface area (Å²) in [6.07, 6.45) is 0. The van der Waals surface area contributed by atoms with Crippen molar-refractivity contribution in [3.8, 4) is 0 Å². The zero-order valence-electron chi connectivity index (χ0n) is 9.99. The number of nitrogens with zero attached hydrogens (tertiary/aromatic N) is 3. The van der Waals surface area contributed by atoms with E-state index in [9.17, 15) is 0 Å². The Kier molecular flexibility index (Phi) is 4.28. The summed E-state index contributed by atoms with van der Waals surface area (Å²) in [6, 6.07) is 6.16. The minimum atomic E-state index is 0.894. The largest absolute Gasteiger partial charge is 0.279 e. The molecular formula is C12H19N3. The Morgan fingerprint density at radius 3 is 2.07 bits per heavy atom. The minimum absolute atomic E-state index is 0.894. The molecule has 0 fully saturated rings. The van der Waals surface area contributed by atoms with Crippen LogP contribution in [-0.4, -0.2) is 18.1 Å². The predicted molar refractivity (Wildman–Crippen MR) is 63.4 cm³/mol. The van der Waals surface area contributed by atoms with Crippen LogP contribution in [0.4, 0.5) is 5.69 Å². The summed E-state index contributed by atoms with van der Waals surface area (Å²) in [4.78, 5) is 0. The van der Waals surface area contributed by atoms with Crippen LogP contribution in [0.25, 0.3) is 0 Å². The molecule has 0 heterocycles. The number of hydrogen-bond acceptors (Lipinski definition) is 2. The number of rotatable bonds is 4. The van der Waals surface area contributed by atoms with Crippen molar-refractivity contribution in [1.82, 2.24) is 5.01 Å². The Balaban J connectivity index is 2.88. The molecule has 0 saturated heterocycles. The van der Waals surface area contributed by atoms with Crippen LogP contribution < -0.4 is 0 Å². The lowest BCUT2D eigenvalue weighted by atomic mass is 10.1. The molecular weight excluding hydrogens is 186 g/mol. The SMILES string of the molecule is CCN(CC)N=Nc1c(C)cccc1C. The van der Waals surface area contributed by atoms with Gasteiger partial charge in [-0.25, -0.2) is 0 Å². The number of benzene rings is 1. The molecule has 0 spiro atoms. The van der Waals surface area contributed by atoms with E-state index in [1.54, 1.807) is 0 Å². The first-order chi connectivity index (χ1) is 7.19. The summed E-state index contributed by atoms with van der Waals surface area (Å²) in [6.45, 7) is 10.1. The van der Waals surface area contributed by atoms with E-state index < -0.39 is 0 Å². The molecule has 0 amide bonds. The van der Waals surface area contributed by atoms with Crippen molar-refractivity contribution in [1.29, 1.82) is 0 Å². The minimum Gasteiger partial charge on any atom is -0.279 e. The Morgan fingerprint density at radius 1 is 1.07 bits per heavy atom. The van der Waals surface area contributed by atoms with Crippen LogP contribution >= 0.6 is 0 Å². The standard InChI is InChI=1S/C12H19N3/c1-5-15(6-2)14-13-12-10(3)8-7-9-11(12)4/h7-9H,5-6H2,1-4H3. The summed E-state index contributed by atoms with van der Waals surface area (Å²) in [7, 11) is 0. The highest BCUT2D eigenvalue weighted by Gasteiger charge is 2.00. The third kappa shape index (κ3) is 3.05. The average molecular weight is 205 g/mol. The summed E-state index contributed by atoms with van der Waals surface area (Å²) < 4.78 is 0. The van der Waals surface area contributed by atoms with E-state index in [1.807, 2.05) is 11.1 Å². The summed E-state index contributed by atoms with van der Waals surface area (Å²) in [5.41, 5.74) is 3.33. The summed E-state index contributed by atoms with van der Waals surface area (Å²) in [5, 5.41) is 10.4.